The Bertz CT molecular complexity index is 413. The predicted molar refractivity (Wildman–Crippen MR) is 82.1 cm³/mol. The number of likely N-dealkylation sites (tertiary alicyclic amines) is 1. The van der Waals surface area contributed by atoms with Crippen molar-refractivity contribution >= 4 is 0 Å². The van der Waals surface area contributed by atoms with E-state index >= 15 is 0 Å². The summed E-state index contributed by atoms with van der Waals surface area (Å²) in [7, 11) is 0. The predicted octanol–water partition coefficient (Wildman–Crippen LogP) is 2.64. The van der Waals surface area contributed by atoms with Crippen LogP contribution in [0.4, 0.5) is 0 Å². The van der Waals surface area contributed by atoms with Crippen LogP contribution in [0.25, 0.3) is 0 Å². The quantitative estimate of drug-likeness (QED) is 0.777. The van der Waals surface area contributed by atoms with Gasteiger partial charge in [-0.3, -0.25) is 0 Å². The molecule has 0 aliphatic carbocycles. The van der Waals surface area contributed by atoms with Crippen LogP contribution in [0, 0.1) is 0 Å². The highest BCUT2D eigenvalue weighted by Crippen LogP contribution is 2.19. The summed E-state index contributed by atoms with van der Waals surface area (Å²) >= 11 is 0. The average molecular weight is 275 g/mol. The number of hydrogen-bond acceptors (Lipinski definition) is 3. The van der Waals surface area contributed by atoms with Gasteiger partial charge in [-0.15, -0.1) is 6.58 Å². The molecule has 1 aliphatic heterocycles. The summed E-state index contributed by atoms with van der Waals surface area (Å²) < 4.78 is 5.77. The van der Waals surface area contributed by atoms with E-state index in [9.17, 15) is 5.11 Å². The molecule has 1 N–H and O–H groups in total. The third kappa shape index (κ3) is 4.66. The zero-order valence-corrected chi connectivity index (χ0v) is 12.1. The van der Waals surface area contributed by atoms with Crippen molar-refractivity contribution in [2.75, 3.05) is 26.2 Å². The van der Waals surface area contributed by atoms with E-state index in [0.29, 0.717) is 13.2 Å². The van der Waals surface area contributed by atoms with Crippen LogP contribution in [0.3, 0.4) is 0 Å². The third-order valence-corrected chi connectivity index (χ3v) is 3.69. The van der Waals surface area contributed by atoms with Gasteiger partial charge in [-0.1, -0.05) is 30.7 Å². The molecular weight excluding hydrogens is 250 g/mol. The molecule has 0 bridgehead atoms. The number of hydrogen-bond donors (Lipinski definition) is 1. The molecule has 1 aromatic rings. The van der Waals surface area contributed by atoms with Crippen molar-refractivity contribution in [3.05, 3.63) is 42.5 Å². The van der Waals surface area contributed by atoms with Gasteiger partial charge in [0.05, 0.1) is 0 Å². The molecule has 110 valence electrons. The van der Waals surface area contributed by atoms with Crippen molar-refractivity contribution in [3.63, 3.8) is 0 Å². The Balaban J connectivity index is 1.80. The van der Waals surface area contributed by atoms with Crippen molar-refractivity contribution < 1.29 is 9.84 Å². The number of allylic oxidation sites excluding steroid dienone is 1. The number of aliphatic hydroxyl groups excluding tert-OH is 1. The molecule has 3 heteroatoms. The van der Waals surface area contributed by atoms with Crippen molar-refractivity contribution in [3.8, 4) is 5.75 Å². The van der Waals surface area contributed by atoms with E-state index in [2.05, 4.69) is 11.5 Å². The standard InChI is InChI=1S/C17H25NO2/c1-2-8-15-9-4-5-10-17(15)20-14-16(19)13-18-11-6-3-7-12-18/h2,4-5,9-10,16,19H,1,3,6-8,11-14H2. The number of rotatable bonds is 7. The summed E-state index contributed by atoms with van der Waals surface area (Å²) in [5.41, 5.74) is 1.12. The molecule has 1 fully saturated rings. The van der Waals surface area contributed by atoms with Crippen LogP contribution in [-0.4, -0.2) is 42.4 Å². The topological polar surface area (TPSA) is 32.7 Å². The lowest BCUT2D eigenvalue weighted by molar-refractivity contribution is 0.0614. The SMILES string of the molecule is C=CCc1ccccc1OCC(O)CN1CCCCC1. The van der Waals surface area contributed by atoms with E-state index in [-0.39, 0.29) is 0 Å². The molecule has 0 radical (unpaired) electrons. The van der Waals surface area contributed by atoms with Crippen molar-refractivity contribution in [2.45, 2.75) is 31.8 Å². The first-order chi connectivity index (χ1) is 9.79. The Hall–Kier alpha value is -1.32. The van der Waals surface area contributed by atoms with Crippen molar-refractivity contribution in [2.24, 2.45) is 0 Å². The van der Waals surface area contributed by atoms with E-state index in [1.807, 2.05) is 30.3 Å². The molecule has 1 aliphatic rings. The molecule has 0 saturated carbocycles. The fourth-order valence-electron chi connectivity index (χ4n) is 2.65. The number of β-amino-alcohol motifs (C(OH)–C–C–N with tert-alkyl or cyclic N) is 1. The lowest BCUT2D eigenvalue weighted by Gasteiger charge is -2.28. The van der Waals surface area contributed by atoms with Crippen LogP contribution >= 0.6 is 0 Å². The van der Waals surface area contributed by atoms with Crippen LogP contribution in [0.2, 0.25) is 0 Å². The maximum absolute atomic E-state index is 10.1. The molecule has 1 unspecified atom stereocenters. The molecule has 1 atom stereocenters. The first kappa shape index (κ1) is 15.1. The highest BCUT2D eigenvalue weighted by Gasteiger charge is 2.15. The Labute approximate surface area is 121 Å². The summed E-state index contributed by atoms with van der Waals surface area (Å²) in [5, 5.41) is 10.1. The van der Waals surface area contributed by atoms with Gasteiger partial charge < -0.3 is 14.7 Å². The zero-order valence-electron chi connectivity index (χ0n) is 12.1. The molecule has 1 aromatic carbocycles. The van der Waals surface area contributed by atoms with Gasteiger partial charge in [0.2, 0.25) is 0 Å². The monoisotopic (exact) mass is 275 g/mol. The van der Waals surface area contributed by atoms with E-state index in [1.165, 1.54) is 19.3 Å². The molecule has 1 heterocycles. The van der Waals surface area contributed by atoms with Crippen LogP contribution in [0.15, 0.2) is 36.9 Å². The van der Waals surface area contributed by atoms with E-state index in [1.54, 1.807) is 0 Å². The summed E-state index contributed by atoms with van der Waals surface area (Å²) in [6, 6.07) is 7.94. The highest BCUT2D eigenvalue weighted by molar-refractivity contribution is 5.34. The summed E-state index contributed by atoms with van der Waals surface area (Å²) in [4.78, 5) is 2.33. The maximum atomic E-state index is 10.1. The lowest BCUT2D eigenvalue weighted by atomic mass is 10.1. The van der Waals surface area contributed by atoms with Gasteiger partial charge in [0, 0.05) is 6.54 Å². The Morgan fingerprint density at radius 2 is 2.00 bits per heavy atom. The second kappa shape index (κ2) is 8.08. The van der Waals surface area contributed by atoms with Crippen LogP contribution < -0.4 is 4.74 Å². The van der Waals surface area contributed by atoms with E-state index in [4.69, 9.17) is 4.74 Å². The smallest absolute Gasteiger partial charge is 0.122 e. The molecule has 3 nitrogen and oxygen atoms in total. The molecule has 0 spiro atoms. The number of para-hydroxylation sites is 1. The number of benzene rings is 1. The number of ether oxygens (including phenoxy) is 1. The van der Waals surface area contributed by atoms with Crippen molar-refractivity contribution in [1.29, 1.82) is 0 Å². The Morgan fingerprint density at radius 1 is 1.25 bits per heavy atom. The number of nitrogens with zero attached hydrogens (tertiary/aromatic N) is 1. The van der Waals surface area contributed by atoms with Crippen molar-refractivity contribution in [1.82, 2.24) is 4.90 Å². The largest absolute Gasteiger partial charge is 0.491 e. The molecule has 1 saturated heterocycles. The van der Waals surface area contributed by atoms with Gasteiger partial charge in [0.1, 0.15) is 18.5 Å². The van der Waals surface area contributed by atoms with Gasteiger partial charge in [-0.05, 0) is 44.0 Å². The average Bonchev–Trinajstić information content (AvgIpc) is 2.48. The minimum atomic E-state index is -0.426. The number of aliphatic hydroxyl groups is 1. The lowest BCUT2D eigenvalue weighted by Crippen LogP contribution is -2.38. The second-order valence-electron chi connectivity index (χ2n) is 5.43. The molecular formula is C17H25NO2. The fraction of sp³-hybridized carbons (Fsp3) is 0.529. The first-order valence-corrected chi connectivity index (χ1v) is 7.51. The molecule has 0 aromatic heterocycles. The number of piperidine rings is 1. The van der Waals surface area contributed by atoms with Gasteiger partial charge in [-0.2, -0.15) is 0 Å². The van der Waals surface area contributed by atoms with Gasteiger partial charge in [0.15, 0.2) is 0 Å². The van der Waals surface area contributed by atoms with E-state index < -0.39 is 6.10 Å². The Morgan fingerprint density at radius 3 is 2.75 bits per heavy atom. The van der Waals surface area contributed by atoms with Gasteiger partial charge >= 0.3 is 0 Å². The molecule has 20 heavy (non-hydrogen) atoms. The third-order valence-electron chi connectivity index (χ3n) is 3.69. The second-order valence-corrected chi connectivity index (χ2v) is 5.43. The minimum absolute atomic E-state index is 0.352. The van der Waals surface area contributed by atoms with Crippen LogP contribution in [0.1, 0.15) is 24.8 Å². The summed E-state index contributed by atoms with van der Waals surface area (Å²) in [5.74, 6) is 0.852. The molecule has 2 rings (SSSR count). The normalized spacial score (nSPS) is 17.6. The first-order valence-electron chi connectivity index (χ1n) is 7.51. The van der Waals surface area contributed by atoms with Gasteiger partial charge in [-0.25, -0.2) is 0 Å². The maximum Gasteiger partial charge on any atom is 0.122 e. The van der Waals surface area contributed by atoms with Crippen LogP contribution in [-0.2, 0) is 6.42 Å². The summed E-state index contributed by atoms with van der Waals surface area (Å²) in [6.45, 7) is 7.02. The minimum Gasteiger partial charge on any atom is -0.491 e. The van der Waals surface area contributed by atoms with Crippen LogP contribution in [0.5, 0.6) is 5.75 Å². The Kier molecular flexibility index (Phi) is 6.09. The highest BCUT2D eigenvalue weighted by atomic mass is 16.5. The zero-order chi connectivity index (χ0) is 14.2. The van der Waals surface area contributed by atoms with E-state index in [0.717, 1.165) is 30.8 Å². The fourth-order valence-corrected chi connectivity index (χ4v) is 2.65. The van der Waals surface area contributed by atoms with Gasteiger partial charge in [0.25, 0.3) is 0 Å². The summed E-state index contributed by atoms with van der Waals surface area (Å²) in [6.07, 6.45) is 6.04. The molecule has 0 amide bonds.